The lowest BCUT2D eigenvalue weighted by molar-refractivity contribution is 0.211. The molecule has 78 valence electrons. The molecule has 0 heterocycles. The van der Waals surface area contributed by atoms with Gasteiger partial charge in [0.2, 0.25) is 0 Å². The summed E-state index contributed by atoms with van der Waals surface area (Å²) < 4.78 is 0. The second-order valence-electron chi connectivity index (χ2n) is 4.48. The maximum atomic E-state index is 3.40. The predicted molar refractivity (Wildman–Crippen MR) is 58.9 cm³/mol. The molecule has 13 heavy (non-hydrogen) atoms. The molecule has 0 aliphatic heterocycles. The summed E-state index contributed by atoms with van der Waals surface area (Å²) in [7, 11) is 2.10. The van der Waals surface area contributed by atoms with Gasteiger partial charge >= 0.3 is 0 Å². The standard InChI is InChI=1S/C12H25N/c1-4-10(5-2)11-6-8-12(13-3)9-7-11/h10-13H,4-9H2,1-3H3. The van der Waals surface area contributed by atoms with Gasteiger partial charge in [0.05, 0.1) is 0 Å². The van der Waals surface area contributed by atoms with Gasteiger partial charge in [-0.1, -0.05) is 26.7 Å². The molecule has 0 saturated heterocycles. The van der Waals surface area contributed by atoms with Crippen molar-refractivity contribution in [1.29, 1.82) is 0 Å². The van der Waals surface area contributed by atoms with Gasteiger partial charge in [-0.25, -0.2) is 0 Å². The number of rotatable bonds is 4. The number of hydrogen-bond acceptors (Lipinski definition) is 1. The maximum absolute atomic E-state index is 3.40. The van der Waals surface area contributed by atoms with Crippen LogP contribution in [0.1, 0.15) is 52.4 Å². The van der Waals surface area contributed by atoms with Crippen molar-refractivity contribution in [3.63, 3.8) is 0 Å². The van der Waals surface area contributed by atoms with E-state index >= 15 is 0 Å². The van der Waals surface area contributed by atoms with Crippen LogP contribution in [0.5, 0.6) is 0 Å². The third-order valence-corrected chi connectivity index (χ3v) is 3.90. The topological polar surface area (TPSA) is 12.0 Å². The largest absolute Gasteiger partial charge is 0.317 e. The Bertz CT molecular complexity index is 121. The molecule has 0 radical (unpaired) electrons. The zero-order chi connectivity index (χ0) is 9.68. The zero-order valence-corrected chi connectivity index (χ0v) is 9.47. The monoisotopic (exact) mass is 183 g/mol. The number of nitrogens with one attached hydrogen (secondary N) is 1. The van der Waals surface area contributed by atoms with Gasteiger partial charge < -0.3 is 5.32 Å². The lowest BCUT2D eigenvalue weighted by atomic mass is 9.76. The molecule has 0 aromatic rings. The van der Waals surface area contributed by atoms with E-state index in [1.54, 1.807) is 0 Å². The van der Waals surface area contributed by atoms with Crippen LogP contribution in [0, 0.1) is 11.8 Å². The first-order chi connectivity index (χ1) is 6.31. The summed E-state index contributed by atoms with van der Waals surface area (Å²) in [6.45, 7) is 4.69. The maximum Gasteiger partial charge on any atom is 0.00642 e. The molecule has 0 amide bonds. The minimum Gasteiger partial charge on any atom is -0.317 e. The Labute approximate surface area is 83.3 Å². The average molecular weight is 183 g/mol. The van der Waals surface area contributed by atoms with E-state index < -0.39 is 0 Å². The van der Waals surface area contributed by atoms with E-state index in [2.05, 4.69) is 26.2 Å². The predicted octanol–water partition coefficient (Wildman–Crippen LogP) is 3.20. The summed E-state index contributed by atoms with van der Waals surface area (Å²) in [5, 5.41) is 3.40. The van der Waals surface area contributed by atoms with E-state index in [0.717, 1.165) is 17.9 Å². The molecule has 1 aliphatic rings. The highest BCUT2D eigenvalue weighted by Crippen LogP contribution is 2.33. The van der Waals surface area contributed by atoms with Crippen molar-refractivity contribution in [2.75, 3.05) is 7.05 Å². The molecule has 1 aliphatic carbocycles. The van der Waals surface area contributed by atoms with Crippen molar-refractivity contribution in [2.24, 2.45) is 11.8 Å². The van der Waals surface area contributed by atoms with Crippen LogP contribution < -0.4 is 5.32 Å². The molecule has 1 saturated carbocycles. The fraction of sp³-hybridized carbons (Fsp3) is 1.00. The highest BCUT2D eigenvalue weighted by molar-refractivity contribution is 4.79. The highest BCUT2D eigenvalue weighted by atomic mass is 14.9. The lowest BCUT2D eigenvalue weighted by Gasteiger charge is -2.33. The normalized spacial score (nSPS) is 29.5. The Kier molecular flexibility index (Phi) is 4.79. The molecule has 0 spiro atoms. The molecule has 1 nitrogen and oxygen atoms in total. The van der Waals surface area contributed by atoms with Crippen molar-refractivity contribution in [3.8, 4) is 0 Å². The van der Waals surface area contributed by atoms with Crippen molar-refractivity contribution < 1.29 is 0 Å². The van der Waals surface area contributed by atoms with Gasteiger partial charge in [0.15, 0.2) is 0 Å². The van der Waals surface area contributed by atoms with E-state index in [1.165, 1.54) is 38.5 Å². The van der Waals surface area contributed by atoms with Crippen LogP contribution in [0.15, 0.2) is 0 Å². The Morgan fingerprint density at radius 3 is 2.00 bits per heavy atom. The summed E-state index contributed by atoms with van der Waals surface area (Å²) in [6, 6.07) is 0.811. The van der Waals surface area contributed by atoms with Crippen LogP contribution in [-0.4, -0.2) is 13.1 Å². The molecule has 1 rings (SSSR count). The molecule has 0 unspecified atom stereocenters. The van der Waals surface area contributed by atoms with Crippen molar-refractivity contribution in [1.82, 2.24) is 5.32 Å². The van der Waals surface area contributed by atoms with E-state index in [9.17, 15) is 0 Å². The summed E-state index contributed by atoms with van der Waals surface area (Å²) in [5.41, 5.74) is 0. The molecular weight excluding hydrogens is 158 g/mol. The number of hydrogen-bond donors (Lipinski definition) is 1. The van der Waals surface area contributed by atoms with E-state index in [4.69, 9.17) is 0 Å². The Morgan fingerprint density at radius 2 is 1.62 bits per heavy atom. The first-order valence-corrected chi connectivity index (χ1v) is 5.99. The second kappa shape index (κ2) is 5.64. The molecule has 1 N–H and O–H groups in total. The van der Waals surface area contributed by atoms with Gasteiger partial charge in [0.25, 0.3) is 0 Å². The van der Waals surface area contributed by atoms with Crippen molar-refractivity contribution in [2.45, 2.75) is 58.4 Å². The van der Waals surface area contributed by atoms with Gasteiger partial charge in [0.1, 0.15) is 0 Å². The van der Waals surface area contributed by atoms with E-state index in [-0.39, 0.29) is 0 Å². The van der Waals surface area contributed by atoms with Gasteiger partial charge in [-0.3, -0.25) is 0 Å². The van der Waals surface area contributed by atoms with Gasteiger partial charge in [-0.2, -0.15) is 0 Å². The van der Waals surface area contributed by atoms with Crippen LogP contribution in [0.4, 0.5) is 0 Å². The lowest BCUT2D eigenvalue weighted by Crippen LogP contribution is -2.32. The Balaban J connectivity index is 2.30. The first kappa shape index (κ1) is 11.0. The molecule has 1 fully saturated rings. The van der Waals surface area contributed by atoms with Crippen LogP contribution in [0.3, 0.4) is 0 Å². The van der Waals surface area contributed by atoms with E-state index in [1.807, 2.05) is 0 Å². The Morgan fingerprint density at radius 1 is 1.08 bits per heavy atom. The summed E-state index contributed by atoms with van der Waals surface area (Å²) in [4.78, 5) is 0. The Hall–Kier alpha value is -0.0400. The molecule has 0 bridgehead atoms. The van der Waals surface area contributed by atoms with Crippen LogP contribution in [0.25, 0.3) is 0 Å². The first-order valence-electron chi connectivity index (χ1n) is 5.99. The van der Waals surface area contributed by atoms with Crippen molar-refractivity contribution in [3.05, 3.63) is 0 Å². The highest BCUT2D eigenvalue weighted by Gasteiger charge is 2.24. The van der Waals surface area contributed by atoms with Gasteiger partial charge in [-0.05, 0) is 44.6 Å². The van der Waals surface area contributed by atoms with Gasteiger partial charge in [0, 0.05) is 6.04 Å². The third-order valence-electron chi connectivity index (χ3n) is 3.90. The summed E-state index contributed by atoms with van der Waals surface area (Å²) in [6.07, 6.45) is 8.47. The fourth-order valence-electron chi connectivity index (χ4n) is 2.83. The zero-order valence-electron chi connectivity index (χ0n) is 9.47. The fourth-order valence-corrected chi connectivity index (χ4v) is 2.83. The average Bonchev–Trinajstić information content (AvgIpc) is 2.21. The summed E-state index contributed by atoms with van der Waals surface area (Å²) in [5.74, 6) is 2.03. The molecular formula is C12H25N. The molecule has 0 aromatic carbocycles. The van der Waals surface area contributed by atoms with Crippen LogP contribution in [0.2, 0.25) is 0 Å². The second-order valence-corrected chi connectivity index (χ2v) is 4.48. The van der Waals surface area contributed by atoms with Crippen LogP contribution >= 0.6 is 0 Å². The SMILES string of the molecule is CCC(CC)C1CCC(NC)CC1. The minimum atomic E-state index is 0.811. The molecule has 0 atom stereocenters. The van der Waals surface area contributed by atoms with Gasteiger partial charge in [-0.15, -0.1) is 0 Å². The smallest absolute Gasteiger partial charge is 0.00642 e. The van der Waals surface area contributed by atoms with E-state index in [0.29, 0.717) is 0 Å². The quantitative estimate of drug-likeness (QED) is 0.706. The van der Waals surface area contributed by atoms with Crippen LogP contribution in [-0.2, 0) is 0 Å². The minimum absolute atomic E-state index is 0.811. The molecule has 1 heteroatoms. The summed E-state index contributed by atoms with van der Waals surface area (Å²) >= 11 is 0. The molecule has 0 aromatic heterocycles. The van der Waals surface area contributed by atoms with Crippen molar-refractivity contribution >= 4 is 0 Å². The third kappa shape index (κ3) is 2.98.